The van der Waals surface area contributed by atoms with E-state index in [0.717, 1.165) is 34.7 Å². The number of hydrogen-bond donors (Lipinski definition) is 3. The summed E-state index contributed by atoms with van der Waals surface area (Å²) in [5.41, 5.74) is 4.93. The highest BCUT2D eigenvalue weighted by Gasteiger charge is 2.20. The van der Waals surface area contributed by atoms with E-state index in [9.17, 15) is 0 Å². The van der Waals surface area contributed by atoms with Crippen molar-refractivity contribution in [1.29, 1.82) is 0 Å². The maximum Gasteiger partial charge on any atom is 0.143 e. The van der Waals surface area contributed by atoms with E-state index in [1.165, 1.54) is 6.33 Å². The van der Waals surface area contributed by atoms with Crippen molar-refractivity contribution < 1.29 is 0 Å². The maximum atomic E-state index is 5.61. The monoisotopic (exact) mass is 327 g/mol. The smallest absolute Gasteiger partial charge is 0.143 e. The molecular weight excluding hydrogens is 310 g/mol. The van der Waals surface area contributed by atoms with Gasteiger partial charge in [-0.3, -0.25) is 15.6 Å². The Bertz CT molecular complexity index is 519. The second-order valence-electron chi connectivity index (χ2n) is 4.17. The summed E-state index contributed by atoms with van der Waals surface area (Å²) >= 11 is 3.63. The highest BCUT2D eigenvalue weighted by molar-refractivity contribution is 9.10. The fraction of sp³-hybridized carbons (Fsp3) is 0.545. The lowest BCUT2D eigenvalue weighted by atomic mass is 10.1. The Hall–Kier alpha value is -1.25. The van der Waals surface area contributed by atoms with Crippen LogP contribution in [0.5, 0.6) is 0 Å². The molecule has 0 saturated heterocycles. The molecular formula is C11H18BrN7. The summed E-state index contributed by atoms with van der Waals surface area (Å²) in [5, 5.41) is 11.3. The Kier molecular flexibility index (Phi) is 4.67. The van der Waals surface area contributed by atoms with Crippen molar-refractivity contribution in [3.8, 4) is 0 Å². The molecule has 1 atom stereocenters. The molecule has 7 nitrogen and oxygen atoms in total. The zero-order valence-corrected chi connectivity index (χ0v) is 12.6. The average molecular weight is 328 g/mol. The molecule has 19 heavy (non-hydrogen) atoms. The Morgan fingerprint density at radius 3 is 2.84 bits per heavy atom. The first kappa shape index (κ1) is 14.2. The number of aromatic amines is 1. The second kappa shape index (κ2) is 6.27. The Balaban J connectivity index is 2.29. The molecule has 0 radical (unpaired) electrons. The fourth-order valence-electron chi connectivity index (χ4n) is 2.02. The topological polar surface area (TPSA) is 97.4 Å². The first-order valence-electron chi connectivity index (χ1n) is 6.26. The first-order valence-corrected chi connectivity index (χ1v) is 7.05. The van der Waals surface area contributed by atoms with E-state index in [0.29, 0.717) is 6.42 Å². The molecule has 1 unspecified atom stereocenters. The SMILES string of the molecule is CCc1nn(CC)c(CC(NN)c2ncn[nH]2)c1Br. The highest BCUT2D eigenvalue weighted by atomic mass is 79.9. The lowest BCUT2D eigenvalue weighted by Crippen LogP contribution is -2.31. The number of nitrogens with two attached hydrogens (primary N) is 1. The largest absolute Gasteiger partial charge is 0.271 e. The van der Waals surface area contributed by atoms with Crippen molar-refractivity contribution in [2.45, 2.75) is 39.3 Å². The molecule has 4 N–H and O–H groups in total. The summed E-state index contributed by atoms with van der Waals surface area (Å²) in [6.07, 6.45) is 3.06. The lowest BCUT2D eigenvalue weighted by molar-refractivity contribution is 0.496. The summed E-state index contributed by atoms with van der Waals surface area (Å²) in [7, 11) is 0. The van der Waals surface area contributed by atoms with Crippen LogP contribution in [0.2, 0.25) is 0 Å². The third-order valence-corrected chi connectivity index (χ3v) is 3.97. The molecule has 2 aromatic rings. The van der Waals surface area contributed by atoms with Crippen molar-refractivity contribution in [1.82, 2.24) is 30.4 Å². The Morgan fingerprint density at radius 1 is 1.53 bits per heavy atom. The quantitative estimate of drug-likeness (QED) is 0.545. The highest BCUT2D eigenvalue weighted by Crippen LogP contribution is 2.26. The van der Waals surface area contributed by atoms with Crippen molar-refractivity contribution in [2.24, 2.45) is 5.84 Å². The van der Waals surface area contributed by atoms with E-state index in [1.54, 1.807) is 0 Å². The summed E-state index contributed by atoms with van der Waals surface area (Å²) in [6.45, 7) is 4.98. The number of aryl methyl sites for hydroxylation is 2. The molecule has 2 heterocycles. The van der Waals surface area contributed by atoms with Crippen molar-refractivity contribution >= 4 is 15.9 Å². The number of H-pyrrole nitrogens is 1. The lowest BCUT2D eigenvalue weighted by Gasteiger charge is -2.14. The van der Waals surface area contributed by atoms with Crippen LogP contribution in [-0.4, -0.2) is 25.0 Å². The number of nitrogens with one attached hydrogen (secondary N) is 2. The molecule has 104 valence electrons. The van der Waals surface area contributed by atoms with Gasteiger partial charge in [0.1, 0.15) is 12.2 Å². The minimum Gasteiger partial charge on any atom is -0.271 e. The van der Waals surface area contributed by atoms with E-state index in [2.05, 4.69) is 55.5 Å². The van der Waals surface area contributed by atoms with Crippen molar-refractivity contribution in [2.75, 3.05) is 0 Å². The van der Waals surface area contributed by atoms with E-state index in [4.69, 9.17) is 5.84 Å². The van der Waals surface area contributed by atoms with Gasteiger partial charge in [0.05, 0.1) is 21.9 Å². The van der Waals surface area contributed by atoms with Crippen LogP contribution in [0.15, 0.2) is 10.8 Å². The van der Waals surface area contributed by atoms with Crippen LogP contribution in [0.25, 0.3) is 0 Å². The van der Waals surface area contributed by atoms with E-state index < -0.39 is 0 Å². The average Bonchev–Trinajstić information content (AvgIpc) is 3.04. The summed E-state index contributed by atoms with van der Waals surface area (Å²) in [5.74, 6) is 6.33. The third kappa shape index (κ3) is 2.85. The van der Waals surface area contributed by atoms with Gasteiger partial charge in [0.25, 0.3) is 0 Å². The maximum absolute atomic E-state index is 5.61. The van der Waals surface area contributed by atoms with Gasteiger partial charge >= 0.3 is 0 Å². The van der Waals surface area contributed by atoms with Gasteiger partial charge in [-0.25, -0.2) is 10.4 Å². The Labute approximate surface area is 120 Å². The van der Waals surface area contributed by atoms with Crippen LogP contribution < -0.4 is 11.3 Å². The number of hydrogen-bond acceptors (Lipinski definition) is 5. The summed E-state index contributed by atoms with van der Waals surface area (Å²) < 4.78 is 3.04. The molecule has 0 amide bonds. The molecule has 8 heteroatoms. The van der Waals surface area contributed by atoms with Crippen molar-refractivity contribution in [3.05, 3.63) is 28.0 Å². The van der Waals surface area contributed by atoms with Crippen LogP contribution in [0.4, 0.5) is 0 Å². The molecule has 0 aliphatic carbocycles. The van der Waals surface area contributed by atoms with Gasteiger partial charge in [-0.1, -0.05) is 6.92 Å². The number of hydrazine groups is 1. The Morgan fingerprint density at radius 2 is 2.32 bits per heavy atom. The third-order valence-electron chi connectivity index (χ3n) is 3.06. The number of nitrogens with zero attached hydrogens (tertiary/aromatic N) is 4. The predicted octanol–water partition coefficient (Wildman–Crippen LogP) is 1.09. The molecule has 0 saturated carbocycles. The number of rotatable bonds is 6. The second-order valence-corrected chi connectivity index (χ2v) is 4.96. The van der Waals surface area contributed by atoms with Gasteiger partial charge in [-0.15, -0.1) is 0 Å². The van der Waals surface area contributed by atoms with Crippen LogP contribution in [-0.2, 0) is 19.4 Å². The standard InChI is InChI=1S/C11H18BrN7/c1-3-7-10(12)9(19(4-2)18-7)5-8(16-13)11-14-6-15-17-11/h6,8,16H,3-5,13H2,1-2H3,(H,14,15,17). The summed E-state index contributed by atoms with van der Waals surface area (Å²) in [4.78, 5) is 4.14. The van der Waals surface area contributed by atoms with Crippen LogP contribution in [0.3, 0.4) is 0 Å². The molecule has 0 fully saturated rings. The molecule has 0 aliphatic rings. The minimum atomic E-state index is -0.120. The summed E-state index contributed by atoms with van der Waals surface area (Å²) in [6, 6.07) is -0.120. The molecule has 0 spiro atoms. The van der Waals surface area contributed by atoms with Gasteiger partial charge < -0.3 is 0 Å². The van der Waals surface area contributed by atoms with Crippen LogP contribution in [0, 0.1) is 0 Å². The molecule has 0 bridgehead atoms. The minimum absolute atomic E-state index is 0.120. The van der Waals surface area contributed by atoms with E-state index in [-0.39, 0.29) is 6.04 Å². The number of halogens is 1. The number of aromatic nitrogens is 5. The fourth-order valence-corrected chi connectivity index (χ4v) is 2.75. The van der Waals surface area contributed by atoms with Crippen LogP contribution >= 0.6 is 15.9 Å². The van der Waals surface area contributed by atoms with Gasteiger partial charge in [0.2, 0.25) is 0 Å². The molecule has 0 aliphatic heterocycles. The zero-order chi connectivity index (χ0) is 13.8. The van der Waals surface area contributed by atoms with E-state index in [1.807, 2.05) is 4.68 Å². The van der Waals surface area contributed by atoms with Crippen LogP contribution in [0.1, 0.15) is 37.1 Å². The van der Waals surface area contributed by atoms with Gasteiger partial charge in [-0.05, 0) is 29.3 Å². The predicted molar refractivity (Wildman–Crippen MR) is 75.1 cm³/mol. The van der Waals surface area contributed by atoms with E-state index >= 15 is 0 Å². The van der Waals surface area contributed by atoms with Crippen molar-refractivity contribution in [3.63, 3.8) is 0 Å². The van der Waals surface area contributed by atoms with Gasteiger partial charge in [0, 0.05) is 13.0 Å². The molecule has 2 rings (SSSR count). The first-order chi connectivity index (χ1) is 9.21. The molecule has 2 aromatic heterocycles. The molecule has 0 aromatic carbocycles. The van der Waals surface area contributed by atoms with Gasteiger partial charge in [-0.2, -0.15) is 10.2 Å². The van der Waals surface area contributed by atoms with Gasteiger partial charge in [0.15, 0.2) is 0 Å². The normalized spacial score (nSPS) is 12.8. The zero-order valence-electron chi connectivity index (χ0n) is 11.0.